The molecule has 40 heavy (non-hydrogen) atoms. The average molecular weight is 578 g/mol. The third kappa shape index (κ3) is 4.89. The molecule has 6 rings (SSSR count). The summed E-state index contributed by atoms with van der Waals surface area (Å²) < 4.78 is 12.0. The van der Waals surface area contributed by atoms with Gasteiger partial charge in [-0.15, -0.1) is 0 Å². The Morgan fingerprint density at radius 1 is 1.02 bits per heavy atom. The number of aromatic carboxylic acids is 1. The van der Waals surface area contributed by atoms with Gasteiger partial charge in [0.25, 0.3) is 0 Å². The molecule has 0 spiro atoms. The number of benzene rings is 3. The molecule has 0 amide bonds. The van der Waals surface area contributed by atoms with Crippen molar-refractivity contribution in [2.45, 2.75) is 63.6 Å². The molecule has 0 unspecified atom stereocenters. The largest absolute Gasteiger partial charge is 0.489 e. The first-order chi connectivity index (χ1) is 19.1. The first-order valence-corrected chi connectivity index (χ1v) is 14.1. The van der Waals surface area contributed by atoms with Crippen LogP contribution < -0.4 is 4.74 Å². The van der Waals surface area contributed by atoms with Gasteiger partial charge in [0.2, 0.25) is 0 Å². The van der Waals surface area contributed by atoms with Gasteiger partial charge < -0.3 is 19.5 Å². The van der Waals surface area contributed by atoms with E-state index >= 15 is 0 Å². The second kappa shape index (κ2) is 10.3. The second-order valence-electron chi connectivity index (χ2n) is 11.0. The van der Waals surface area contributed by atoms with Gasteiger partial charge in [0.15, 0.2) is 0 Å². The van der Waals surface area contributed by atoms with Crippen LogP contribution in [-0.4, -0.2) is 21.3 Å². The molecule has 0 saturated heterocycles. The molecule has 2 N–H and O–H groups in total. The summed E-state index contributed by atoms with van der Waals surface area (Å²) in [5, 5.41) is 26.2. The summed E-state index contributed by atoms with van der Waals surface area (Å²) in [4.78, 5) is 11.5. The molecule has 206 valence electrons. The number of nitrogens with zero attached hydrogens (tertiary/aromatic N) is 1. The van der Waals surface area contributed by atoms with Crippen molar-refractivity contribution in [3.63, 3.8) is 0 Å². The van der Waals surface area contributed by atoms with Crippen LogP contribution in [0, 0.1) is 13.8 Å². The Balaban J connectivity index is 1.19. The Labute approximate surface area is 242 Å². The maximum absolute atomic E-state index is 11.5. The van der Waals surface area contributed by atoms with Crippen LogP contribution in [0.2, 0.25) is 10.0 Å². The number of rotatable bonds is 8. The predicted octanol–water partition coefficient (Wildman–Crippen LogP) is 8.19. The predicted molar refractivity (Wildman–Crippen MR) is 153 cm³/mol. The summed E-state index contributed by atoms with van der Waals surface area (Å²) in [6.45, 7) is 4.02. The van der Waals surface area contributed by atoms with E-state index in [1.807, 2.05) is 43.3 Å². The number of hydrogen-bond donors (Lipinski definition) is 2. The van der Waals surface area contributed by atoms with E-state index < -0.39 is 11.6 Å². The molecule has 3 aromatic carbocycles. The van der Waals surface area contributed by atoms with Gasteiger partial charge in [0.05, 0.1) is 26.8 Å². The zero-order valence-electron chi connectivity index (χ0n) is 22.2. The lowest BCUT2D eigenvalue weighted by Gasteiger charge is -2.45. The lowest BCUT2D eigenvalue weighted by atomic mass is 9.64. The number of aromatic nitrogens is 1. The lowest BCUT2D eigenvalue weighted by Crippen LogP contribution is -2.40. The molecule has 0 aliphatic heterocycles. The molecule has 2 aliphatic rings. The van der Waals surface area contributed by atoms with E-state index in [1.54, 1.807) is 25.1 Å². The molecule has 4 aromatic rings. The molecule has 8 heteroatoms. The van der Waals surface area contributed by atoms with Crippen LogP contribution in [0.5, 0.6) is 5.75 Å². The molecule has 6 nitrogen and oxygen atoms in total. The van der Waals surface area contributed by atoms with Crippen molar-refractivity contribution in [2.24, 2.45) is 0 Å². The van der Waals surface area contributed by atoms with Crippen molar-refractivity contribution in [3.8, 4) is 17.0 Å². The molecule has 2 aliphatic carbocycles. The number of carboxylic acids is 1. The first kappa shape index (κ1) is 26.9. The van der Waals surface area contributed by atoms with Gasteiger partial charge in [-0.1, -0.05) is 58.7 Å². The maximum atomic E-state index is 11.5. The number of ether oxygens (including phenoxy) is 1. The molecule has 0 atom stereocenters. The molecule has 2 fully saturated rings. The highest BCUT2D eigenvalue weighted by Crippen LogP contribution is 2.53. The Kier molecular flexibility index (Phi) is 6.89. The number of carboxylic acid groups (broad SMARTS) is 1. The minimum Gasteiger partial charge on any atom is -0.489 e. The SMILES string of the molecule is Cc1ccc([C@H]2C[C@@](O)(c3ccc(OCc4c(-c5c(C)cccc5Cl)noc4C4CC4)cc3Cl)C2)cc1C(=O)O. The monoisotopic (exact) mass is 577 g/mol. The molecule has 1 heterocycles. The number of carbonyl (C=O) groups is 1. The highest BCUT2D eigenvalue weighted by atomic mass is 35.5. The molecule has 0 bridgehead atoms. The average Bonchev–Trinajstić information content (AvgIpc) is 3.66. The van der Waals surface area contributed by atoms with E-state index in [-0.39, 0.29) is 18.1 Å². The Morgan fingerprint density at radius 3 is 2.48 bits per heavy atom. The minimum absolute atomic E-state index is 0.0526. The standard InChI is InChI=1S/C32H29Cl2NO5/c1-17-6-7-20(12-23(17)31(36)37)21-14-32(38,15-21)25-11-10-22(13-27(25)34)39-16-24-29(35-40-30(24)19-8-9-19)28-18(2)4-3-5-26(28)33/h3-7,10-13,19,21,38H,8-9,14-16H2,1-2H3,(H,36,37)/t21-,32-. The third-order valence-electron chi connectivity index (χ3n) is 8.18. The van der Waals surface area contributed by atoms with Crippen molar-refractivity contribution < 1.29 is 24.3 Å². The second-order valence-corrected chi connectivity index (χ2v) is 11.8. The Hall–Kier alpha value is -3.32. The van der Waals surface area contributed by atoms with E-state index in [4.69, 9.17) is 32.5 Å². The van der Waals surface area contributed by atoms with Crippen molar-refractivity contribution in [1.82, 2.24) is 5.16 Å². The zero-order valence-corrected chi connectivity index (χ0v) is 23.7. The van der Waals surface area contributed by atoms with Gasteiger partial charge in [-0.25, -0.2) is 4.79 Å². The topological polar surface area (TPSA) is 92.8 Å². The highest BCUT2D eigenvalue weighted by molar-refractivity contribution is 6.33. The zero-order chi connectivity index (χ0) is 28.2. The van der Waals surface area contributed by atoms with Gasteiger partial charge >= 0.3 is 5.97 Å². The molecular formula is C32H29Cl2NO5. The number of aryl methyl sites for hydroxylation is 2. The third-order valence-corrected chi connectivity index (χ3v) is 8.81. The summed E-state index contributed by atoms with van der Waals surface area (Å²) in [5.41, 5.74) is 4.91. The van der Waals surface area contributed by atoms with Gasteiger partial charge in [-0.05, 0) is 86.4 Å². The van der Waals surface area contributed by atoms with Gasteiger partial charge in [0.1, 0.15) is 23.8 Å². The number of hydrogen-bond acceptors (Lipinski definition) is 5. The van der Waals surface area contributed by atoms with Crippen LogP contribution in [0.4, 0.5) is 0 Å². The van der Waals surface area contributed by atoms with E-state index in [0.717, 1.165) is 40.9 Å². The summed E-state index contributed by atoms with van der Waals surface area (Å²) in [5.74, 6) is 0.861. The van der Waals surface area contributed by atoms with E-state index in [1.165, 1.54) is 0 Å². The fourth-order valence-corrected chi connectivity index (χ4v) is 6.37. The van der Waals surface area contributed by atoms with Crippen LogP contribution in [0.15, 0.2) is 59.1 Å². The Morgan fingerprint density at radius 2 is 1.80 bits per heavy atom. The minimum atomic E-state index is -1.09. The summed E-state index contributed by atoms with van der Waals surface area (Å²) in [7, 11) is 0. The van der Waals surface area contributed by atoms with Gasteiger partial charge in [0, 0.05) is 17.0 Å². The van der Waals surface area contributed by atoms with Gasteiger partial charge in [-0.3, -0.25) is 0 Å². The van der Waals surface area contributed by atoms with Crippen molar-refractivity contribution in [3.05, 3.63) is 104 Å². The fraction of sp³-hybridized carbons (Fsp3) is 0.312. The highest BCUT2D eigenvalue weighted by Gasteiger charge is 2.46. The van der Waals surface area contributed by atoms with Crippen molar-refractivity contribution >= 4 is 29.2 Å². The van der Waals surface area contributed by atoms with Crippen molar-refractivity contribution in [1.29, 1.82) is 0 Å². The summed E-state index contributed by atoms with van der Waals surface area (Å²) in [6.07, 6.45) is 3.04. The molecular weight excluding hydrogens is 549 g/mol. The van der Waals surface area contributed by atoms with Gasteiger partial charge in [-0.2, -0.15) is 0 Å². The van der Waals surface area contributed by atoms with Crippen molar-refractivity contribution in [2.75, 3.05) is 0 Å². The Bertz CT molecular complexity index is 1600. The number of halogens is 2. The first-order valence-electron chi connectivity index (χ1n) is 13.4. The molecule has 2 saturated carbocycles. The fourth-order valence-electron chi connectivity index (χ4n) is 5.71. The van der Waals surface area contributed by atoms with Crippen LogP contribution in [0.25, 0.3) is 11.3 Å². The van der Waals surface area contributed by atoms with Crippen LogP contribution in [-0.2, 0) is 12.2 Å². The molecule has 0 radical (unpaired) electrons. The van der Waals surface area contributed by atoms with Crippen LogP contribution in [0.1, 0.15) is 81.5 Å². The quantitative estimate of drug-likeness (QED) is 0.219. The van der Waals surface area contributed by atoms with Crippen LogP contribution >= 0.6 is 23.2 Å². The summed E-state index contributed by atoms with van der Waals surface area (Å²) >= 11 is 13.2. The van der Waals surface area contributed by atoms with E-state index in [9.17, 15) is 15.0 Å². The molecule has 1 aromatic heterocycles. The normalized spacial score (nSPS) is 20.3. The lowest BCUT2D eigenvalue weighted by molar-refractivity contribution is -0.0549. The van der Waals surface area contributed by atoms with Crippen LogP contribution in [0.3, 0.4) is 0 Å². The maximum Gasteiger partial charge on any atom is 0.335 e. The number of aliphatic hydroxyl groups is 1. The van der Waals surface area contributed by atoms with E-state index in [0.29, 0.717) is 51.4 Å². The smallest absolute Gasteiger partial charge is 0.335 e. The van der Waals surface area contributed by atoms with E-state index in [2.05, 4.69) is 5.16 Å². The summed E-state index contributed by atoms with van der Waals surface area (Å²) in [6, 6.07) is 16.6.